The molecule has 3 aromatic rings. The molecular weight excluding hydrogens is 608 g/mol. The number of alkyl halides is 3. The van der Waals surface area contributed by atoms with E-state index in [0.29, 0.717) is 32.3 Å². The van der Waals surface area contributed by atoms with Crippen LogP contribution in [0.2, 0.25) is 5.02 Å². The lowest BCUT2D eigenvalue weighted by molar-refractivity contribution is -0.137. The van der Waals surface area contributed by atoms with Crippen molar-refractivity contribution in [1.82, 2.24) is 0 Å². The van der Waals surface area contributed by atoms with Crippen LogP contribution in [0.3, 0.4) is 0 Å². The van der Waals surface area contributed by atoms with Gasteiger partial charge in [-0.2, -0.15) is 18.4 Å². The Labute approximate surface area is 224 Å². The Morgan fingerprint density at radius 2 is 1.89 bits per heavy atom. The van der Waals surface area contributed by atoms with Crippen LogP contribution in [0.15, 0.2) is 66.2 Å². The average Bonchev–Trinajstić information content (AvgIpc) is 2.83. The fourth-order valence-electron chi connectivity index (χ4n) is 3.13. The van der Waals surface area contributed by atoms with Gasteiger partial charge in [0.25, 0.3) is 5.91 Å². The number of amides is 1. The molecule has 0 spiro atoms. The van der Waals surface area contributed by atoms with E-state index in [4.69, 9.17) is 21.1 Å². The monoisotopic (exact) mass is 626 g/mol. The molecule has 0 bridgehead atoms. The molecule has 0 aromatic heterocycles. The van der Waals surface area contributed by atoms with E-state index in [9.17, 15) is 23.2 Å². The summed E-state index contributed by atoms with van der Waals surface area (Å²) in [5.74, 6) is 0.0311. The molecule has 10 heteroatoms. The van der Waals surface area contributed by atoms with Crippen LogP contribution in [0.25, 0.3) is 6.08 Å². The van der Waals surface area contributed by atoms with Crippen LogP contribution in [0, 0.1) is 14.9 Å². The maximum Gasteiger partial charge on any atom is 0.416 e. The number of rotatable bonds is 8. The molecule has 3 aromatic carbocycles. The molecular formula is C26H19ClF3IN2O3. The molecule has 0 aliphatic heterocycles. The second-order valence-electron chi connectivity index (χ2n) is 7.35. The van der Waals surface area contributed by atoms with E-state index in [2.05, 4.69) is 27.9 Å². The van der Waals surface area contributed by atoms with Crippen molar-refractivity contribution in [1.29, 1.82) is 5.26 Å². The van der Waals surface area contributed by atoms with Crippen molar-refractivity contribution in [3.05, 3.63) is 91.5 Å². The molecule has 5 nitrogen and oxygen atoms in total. The van der Waals surface area contributed by atoms with Crippen molar-refractivity contribution in [3.8, 4) is 17.6 Å². The van der Waals surface area contributed by atoms with E-state index in [0.717, 1.165) is 17.7 Å². The normalized spacial score (nSPS) is 11.5. The number of nitriles is 1. The molecule has 0 saturated heterocycles. The zero-order valence-electron chi connectivity index (χ0n) is 18.8. The van der Waals surface area contributed by atoms with Crippen LogP contribution < -0.4 is 14.8 Å². The number of anilines is 1. The first-order valence-corrected chi connectivity index (χ1v) is 12.0. The summed E-state index contributed by atoms with van der Waals surface area (Å²) >= 11 is 8.25. The Bertz CT molecular complexity index is 1340. The van der Waals surface area contributed by atoms with E-state index >= 15 is 0 Å². The minimum atomic E-state index is -4.56. The molecule has 0 radical (unpaired) electrons. The predicted molar refractivity (Wildman–Crippen MR) is 140 cm³/mol. The summed E-state index contributed by atoms with van der Waals surface area (Å²) in [5.41, 5.74) is -0.0199. The third-order valence-corrected chi connectivity index (χ3v) is 5.96. The van der Waals surface area contributed by atoms with Gasteiger partial charge in [-0.15, -0.1) is 0 Å². The number of nitrogens with zero attached hydrogens (tertiary/aromatic N) is 1. The van der Waals surface area contributed by atoms with Gasteiger partial charge in [0.05, 0.1) is 15.7 Å². The van der Waals surface area contributed by atoms with Crippen molar-refractivity contribution in [2.75, 3.05) is 11.9 Å². The number of hydrogen-bond donors (Lipinski definition) is 1. The number of ether oxygens (including phenoxy) is 2. The molecule has 0 unspecified atom stereocenters. The van der Waals surface area contributed by atoms with Gasteiger partial charge in [-0.1, -0.05) is 35.9 Å². The van der Waals surface area contributed by atoms with Crippen molar-refractivity contribution < 1.29 is 27.4 Å². The molecule has 0 fully saturated rings. The average molecular weight is 627 g/mol. The van der Waals surface area contributed by atoms with E-state index in [1.807, 2.05) is 18.2 Å². The Kier molecular flexibility index (Phi) is 9.23. The second kappa shape index (κ2) is 12.1. The molecule has 1 amide bonds. The van der Waals surface area contributed by atoms with Gasteiger partial charge in [-0.05, 0) is 77.6 Å². The summed E-state index contributed by atoms with van der Waals surface area (Å²) in [6.07, 6.45) is -3.23. The molecule has 3 rings (SSSR count). The van der Waals surface area contributed by atoms with Crippen LogP contribution in [-0.4, -0.2) is 12.5 Å². The molecule has 0 heterocycles. The van der Waals surface area contributed by atoms with Crippen LogP contribution in [-0.2, 0) is 17.6 Å². The van der Waals surface area contributed by atoms with Gasteiger partial charge >= 0.3 is 6.18 Å². The Morgan fingerprint density at radius 1 is 1.14 bits per heavy atom. The zero-order chi connectivity index (χ0) is 26.3. The van der Waals surface area contributed by atoms with Crippen molar-refractivity contribution >= 4 is 51.9 Å². The van der Waals surface area contributed by atoms with Gasteiger partial charge in [0.1, 0.15) is 18.2 Å². The topological polar surface area (TPSA) is 71.3 Å². The second-order valence-corrected chi connectivity index (χ2v) is 8.91. The summed E-state index contributed by atoms with van der Waals surface area (Å²) in [4.78, 5) is 12.6. The Balaban J connectivity index is 1.85. The van der Waals surface area contributed by atoms with E-state index in [-0.39, 0.29) is 17.9 Å². The summed E-state index contributed by atoms with van der Waals surface area (Å²) < 4.78 is 51.2. The number of nitrogens with one attached hydrogen (secondary N) is 1. The highest BCUT2D eigenvalue weighted by Crippen LogP contribution is 2.36. The van der Waals surface area contributed by atoms with Crippen LogP contribution in [0.1, 0.15) is 23.6 Å². The van der Waals surface area contributed by atoms with Crippen molar-refractivity contribution in [3.63, 3.8) is 0 Å². The SMILES string of the molecule is CCOc1cc(/C=C(\C#N)C(=O)Nc2cccc(C(F)(F)F)c2)cc(I)c1OCc1ccccc1Cl. The molecule has 0 aliphatic rings. The first-order valence-electron chi connectivity index (χ1n) is 10.5. The van der Waals surface area contributed by atoms with Gasteiger partial charge < -0.3 is 14.8 Å². The van der Waals surface area contributed by atoms with Crippen molar-refractivity contribution in [2.45, 2.75) is 19.7 Å². The lowest BCUT2D eigenvalue weighted by atomic mass is 10.1. The number of benzene rings is 3. The fourth-order valence-corrected chi connectivity index (χ4v) is 4.10. The number of carbonyl (C=O) groups is 1. The molecule has 0 atom stereocenters. The summed E-state index contributed by atoms with van der Waals surface area (Å²) in [6, 6.07) is 16.5. The standard InChI is InChI=1S/C26H19ClF3IN2O3/c1-2-35-23-12-16(11-22(31)24(23)36-15-17-6-3-4-9-21(17)27)10-18(14-32)25(34)33-20-8-5-7-19(13-20)26(28,29)30/h3-13H,2,15H2,1H3,(H,33,34)/b18-10+. The van der Waals surface area contributed by atoms with Crippen LogP contribution in [0.4, 0.5) is 18.9 Å². The first-order chi connectivity index (χ1) is 17.1. The highest BCUT2D eigenvalue weighted by molar-refractivity contribution is 14.1. The predicted octanol–water partition coefficient (Wildman–Crippen LogP) is 7.49. The lowest BCUT2D eigenvalue weighted by Crippen LogP contribution is -2.14. The first kappa shape index (κ1) is 27.4. The van der Waals surface area contributed by atoms with Crippen LogP contribution in [0.5, 0.6) is 11.5 Å². The summed E-state index contributed by atoms with van der Waals surface area (Å²) in [5, 5.41) is 12.4. The van der Waals surface area contributed by atoms with Gasteiger partial charge in [-0.25, -0.2) is 0 Å². The third kappa shape index (κ3) is 7.15. The minimum Gasteiger partial charge on any atom is -0.490 e. The van der Waals surface area contributed by atoms with Gasteiger partial charge in [0.2, 0.25) is 0 Å². The Hall–Kier alpha value is -3.23. The number of halogens is 5. The molecule has 0 aliphatic carbocycles. The van der Waals surface area contributed by atoms with Gasteiger partial charge in [-0.3, -0.25) is 4.79 Å². The summed E-state index contributed by atoms with van der Waals surface area (Å²) in [7, 11) is 0. The van der Waals surface area contributed by atoms with E-state index in [1.165, 1.54) is 18.2 Å². The largest absolute Gasteiger partial charge is 0.490 e. The molecule has 186 valence electrons. The van der Waals surface area contributed by atoms with Crippen molar-refractivity contribution in [2.24, 2.45) is 0 Å². The highest BCUT2D eigenvalue weighted by Gasteiger charge is 2.30. The van der Waals surface area contributed by atoms with Crippen LogP contribution >= 0.6 is 34.2 Å². The number of carbonyl (C=O) groups excluding carboxylic acids is 1. The maximum atomic E-state index is 13.0. The minimum absolute atomic E-state index is 0.0797. The maximum absolute atomic E-state index is 13.0. The highest BCUT2D eigenvalue weighted by atomic mass is 127. The fraction of sp³-hybridized carbons (Fsp3) is 0.154. The smallest absolute Gasteiger partial charge is 0.416 e. The van der Waals surface area contributed by atoms with E-state index in [1.54, 1.807) is 31.2 Å². The quantitative estimate of drug-likeness (QED) is 0.160. The summed E-state index contributed by atoms with van der Waals surface area (Å²) in [6.45, 7) is 2.34. The number of hydrogen-bond acceptors (Lipinski definition) is 4. The molecule has 1 N–H and O–H groups in total. The lowest BCUT2D eigenvalue weighted by Gasteiger charge is -2.15. The van der Waals surface area contributed by atoms with Gasteiger partial charge in [0.15, 0.2) is 11.5 Å². The molecule has 0 saturated carbocycles. The zero-order valence-corrected chi connectivity index (χ0v) is 21.7. The third-order valence-electron chi connectivity index (χ3n) is 4.79. The molecule has 36 heavy (non-hydrogen) atoms. The Morgan fingerprint density at radius 3 is 2.56 bits per heavy atom. The van der Waals surface area contributed by atoms with Gasteiger partial charge in [0, 0.05) is 16.3 Å². The van der Waals surface area contributed by atoms with E-state index < -0.39 is 17.6 Å².